The smallest absolute Gasteiger partial charge is 0.240 e. The molecule has 1 heterocycles. The quantitative estimate of drug-likeness (QED) is 0.659. The van der Waals surface area contributed by atoms with Crippen LogP contribution in [0.2, 0.25) is 0 Å². The molecule has 0 bridgehead atoms. The zero-order valence-corrected chi connectivity index (χ0v) is 14.0. The Bertz CT molecular complexity index is 986. The van der Waals surface area contributed by atoms with E-state index in [-0.39, 0.29) is 6.54 Å². The maximum absolute atomic E-state index is 13.8. The zero-order chi connectivity index (χ0) is 17.5. The summed E-state index contributed by atoms with van der Waals surface area (Å²) in [6.07, 6.45) is 0. The number of hydrogen-bond acceptors (Lipinski definition) is 4. The normalized spacial score (nSPS) is 12.2. The first kappa shape index (κ1) is 16.9. The van der Waals surface area contributed by atoms with Crippen molar-refractivity contribution in [3.05, 3.63) is 58.9 Å². The van der Waals surface area contributed by atoms with Crippen molar-refractivity contribution in [3.63, 3.8) is 0 Å². The fraction of sp³-hybridized carbons (Fsp3) is 0.133. The number of hydrogen-bond donors (Lipinski definition) is 0. The Morgan fingerprint density at radius 2 is 1.79 bits per heavy atom. The Kier molecular flexibility index (Phi) is 4.33. The molecule has 0 amide bonds. The second-order valence-corrected chi connectivity index (χ2v) is 8.14. The summed E-state index contributed by atoms with van der Waals surface area (Å²) in [5.74, 6) is -4.99. The molecule has 3 aromatic rings. The molecule has 0 saturated carbocycles. The van der Waals surface area contributed by atoms with E-state index in [2.05, 4.69) is 4.98 Å². The molecule has 2 aromatic carbocycles. The van der Waals surface area contributed by atoms with E-state index in [1.165, 1.54) is 18.4 Å². The third-order valence-electron chi connectivity index (χ3n) is 3.38. The van der Waals surface area contributed by atoms with Crippen LogP contribution in [0.15, 0.2) is 41.3 Å². The van der Waals surface area contributed by atoms with Crippen LogP contribution in [0, 0.1) is 17.5 Å². The first-order valence-electron chi connectivity index (χ1n) is 6.75. The van der Waals surface area contributed by atoms with Gasteiger partial charge in [0.2, 0.25) is 10.0 Å². The summed E-state index contributed by atoms with van der Waals surface area (Å²) in [7, 11) is -3.10. The maximum atomic E-state index is 13.8. The summed E-state index contributed by atoms with van der Waals surface area (Å²) >= 11 is 1.30. The second kappa shape index (κ2) is 6.15. The molecule has 0 radical (unpaired) electrons. The monoisotopic (exact) mass is 372 g/mol. The average molecular weight is 372 g/mol. The number of aromatic nitrogens is 1. The highest BCUT2D eigenvalue weighted by atomic mass is 32.2. The lowest BCUT2D eigenvalue weighted by Gasteiger charge is -2.16. The summed E-state index contributed by atoms with van der Waals surface area (Å²) in [6, 6.07) is 8.57. The van der Waals surface area contributed by atoms with Gasteiger partial charge >= 0.3 is 0 Å². The summed E-state index contributed by atoms with van der Waals surface area (Å²) in [5.41, 5.74) is 0.724. The largest absolute Gasteiger partial charge is 0.246 e. The molecule has 9 heteroatoms. The molecule has 0 saturated heterocycles. The highest BCUT2D eigenvalue weighted by Gasteiger charge is 2.28. The Morgan fingerprint density at radius 1 is 1.08 bits per heavy atom. The lowest BCUT2D eigenvalue weighted by Crippen LogP contribution is -2.27. The highest BCUT2D eigenvalue weighted by molar-refractivity contribution is 7.89. The van der Waals surface area contributed by atoms with Crippen molar-refractivity contribution < 1.29 is 21.6 Å². The van der Waals surface area contributed by atoms with E-state index in [0.29, 0.717) is 17.1 Å². The predicted octanol–water partition coefficient (Wildman–Crippen LogP) is 3.53. The van der Waals surface area contributed by atoms with Gasteiger partial charge in [0.05, 0.1) is 16.8 Å². The van der Waals surface area contributed by atoms with Crippen LogP contribution in [0.4, 0.5) is 13.2 Å². The van der Waals surface area contributed by atoms with Crippen LogP contribution in [0.1, 0.15) is 5.01 Å². The van der Waals surface area contributed by atoms with Gasteiger partial charge in [0.1, 0.15) is 9.90 Å². The van der Waals surface area contributed by atoms with Crippen LogP contribution in [0.25, 0.3) is 10.2 Å². The van der Waals surface area contributed by atoms with E-state index in [1.54, 1.807) is 6.07 Å². The molecule has 0 atom stereocenters. The topological polar surface area (TPSA) is 50.3 Å². The van der Waals surface area contributed by atoms with Crippen molar-refractivity contribution in [2.24, 2.45) is 0 Å². The summed E-state index contributed by atoms with van der Waals surface area (Å²) in [6.45, 7) is -0.111. The van der Waals surface area contributed by atoms with Crippen LogP contribution in [0.3, 0.4) is 0 Å². The summed E-state index contributed by atoms with van der Waals surface area (Å²) < 4.78 is 66.6. The van der Waals surface area contributed by atoms with E-state index < -0.39 is 32.4 Å². The van der Waals surface area contributed by atoms with Crippen LogP contribution in [-0.4, -0.2) is 24.8 Å². The van der Waals surface area contributed by atoms with Crippen LogP contribution >= 0.6 is 11.3 Å². The Labute approximate surface area is 140 Å². The molecule has 126 valence electrons. The van der Waals surface area contributed by atoms with Crippen LogP contribution in [0.5, 0.6) is 0 Å². The Morgan fingerprint density at radius 3 is 2.50 bits per heavy atom. The fourth-order valence-electron chi connectivity index (χ4n) is 2.14. The van der Waals surface area contributed by atoms with Gasteiger partial charge in [-0.3, -0.25) is 0 Å². The van der Waals surface area contributed by atoms with Gasteiger partial charge in [0.25, 0.3) is 0 Å². The fourth-order valence-corrected chi connectivity index (χ4v) is 4.43. The van der Waals surface area contributed by atoms with Gasteiger partial charge in [-0.1, -0.05) is 12.1 Å². The van der Waals surface area contributed by atoms with Crippen molar-refractivity contribution in [3.8, 4) is 0 Å². The summed E-state index contributed by atoms with van der Waals surface area (Å²) in [4.78, 5) is 3.39. The van der Waals surface area contributed by atoms with Crippen molar-refractivity contribution >= 4 is 31.6 Å². The zero-order valence-electron chi connectivity index (χ0n) is 12.3. The highest BCUT2D eigenvalue weighted by Crippen LogP contribution is 2.26. The third kappa shape index (κ3) is 2.90. The minimum Gasteiger partial charge on any atom is -0.240 e. The van der Waals surface area contributed by atoms with Gasteiger partial charge in [0, 0.05) is 7.05 Å². The van der Waals surface area contributed by atoms with E-state index in [4.69, 9.17) is 0 Å². The van der Waals surface area contributed by atoms with Crippen molar-refractivity contribution in [2.45, 2.75) is 11.4 Å². The SMILES string of the molecule is CN(Cc1nc2ccccc2s1)S(=O)(=O)c1ccc(F)c(F)c1F. The maximum Gasteiger partial charge on any atom is 0.246 e. The number of fused-ring (bicyclic) bond motifs is 1. The number of nitrogens with zero attached hydrogens (tertiary/aromatic N) is 2. The number of sulfonamides is 1. The van der Waals surface area contributed by atoms with Crippen molar-refractivity contribution in [2.75, 3.05) is 7.05 Å². The molecule has 4 nitrogen and oxygen atoms in total. The molecular formula is C15H11F3N2O2S2. The molecule has 0 unspecified atom stereocenters. The Balaban J connectivity index is 1.93. The van der Waals surface area contributed by atoms with Gasteiger partial charge < -0.3 is 0 Å². The molecule has 24 heavy (non-hydrogen) atoms. The number of halogens is 3. The molecule has 0 fully saturated rings. The number of benzene rings is 2. The predicted molar refractivity (Wildman–Crippen MR) is 84.6 cm³/mol. The van der Waals surface area contributed by atoms with E-state index >= 15 is 0 Å². The van der Waals surface area contributed by atoms with E-state index in [0.717, 1.165) is 14.5 Å². The van der Waals surface area contributed by atoms with E-state index in [9.17, 15) is 21.6 Å². The van der Waals surface area contributed by atoms with E-state index in [1.807, 2.05) is 18.2 Å². The third-order valence-corrected chi connectivity index (χ3v) is 6.23. The second-order valence-electron chi connectivity index (χ2n) is 5.01. The standard InChI is InChI=1S/C15H11F3N2O2S2/c1-20(8-13-19-10-4-2-3-5-11(10)23-13)24(21,22)12-7-6-9(16)14(17)15(12)18/h2-7H,8H2,1H3. The number of para-hydroxylation sites is 1. The van der Waals surface area contributed by atoms with Crippen molar-refractivity contribution in [1.29, 1.82) is 0 Å². The van der Waals surface area contributed by atoms with Gasteiger partial charge in [0.15, 0.2) is 17.5 Å². The summed E-state index contributed by atoms with van der Waals surface area (Å²) in [5, 5.41) is 0.505. The van der Waals surface area contributed by atoms with Gasteiger partial charge in [-0.05, 0) is 24.3 Å². The Hall–Kier alpha value is -1.97. The van der Waals surface area contributed by atoms with Gasteiger partial charge in [-0.15, -0.1) is 11.3 Å². The van der Waals surface area contributed by atoms with Gasteiger partial charge in [-0.2, -0.15) is 4.31 Å². The first-order chi connectivity index (χ1) is 11.3. The van der Waals surface area contributed by atoms with Gasteiger partial charge in [-0.25, -0.2) is 26.6 Å². The average Bonchev–Trinajstić information content (AvgIpc) is 2.94. The molecule has 0 N–H and O–H groups in total. The molecule has 1 aromatic heterocycles. The molecule has 3 rings (SSSR count). The molecule has 0 spiro atoms. The lowest BCUT2D eigenvalue weighted by molar-refractivity contribution is 0.421. The molecule has 0 aliphatic carbocycles. The molecule has 0 aliphatic rings. The number of thiazole rings is 1. The minimum atomic E-state index is -4.33. The lowest BCUT2D eigenvalue weighted by atomic mass is 10.3. The van der Waals surface area contributed by atoms with Crippen LogP contribution < -0.4 is 0 Å². The molecule has 0 aliphatic heterocycles. The van der Waals surface area contributed by atoms with Crippen molar-refractivity contribution in [1.82, 2.24) is 9.29 Å². The number of rotatable bonds is 4. The minimum absolute atomic E-state index is 0.111. The first-order valence-corrected chi connectivity index (χ1v) is 9.00. The van der Waals surface area contributed by atoms with Crippen LogP contribution in [-0.2, 0) is 16.6 Å². The molecular weight excluding hydrogens is 361 g/mol.